The molecule has 0 saturated heterocycles. The topological polar surface area (TPSA) is 0 Å². The van der Waals surface area contributed by atoms with E-state index in [1.807, 2.05) is 0 Å². The first-order valence-electron chi connectivity index (χ1n) is 10.5. The molecule has 2 rings (SSSR count). The van der Waals surface area contributed by atoms with Crippen LogP contribution in [0.25, 0.3) is 0 Å². The van der Waals surface area contributed by atoms with Crippen LogP contribution in [0, 0.1) is 0 Å². The van der Waals surface area contributed by atoms with Crippen molar-refractivity contribution in [2.45, 2.75) is 77.5 Å². The molecule has 2 aromatic rings. The SMILES string of the molecule is CCCCCCCCCCCCB(c1ccccc1)c1ccccc1. The average molecular weight is 334 g/mol. The van der Waals surface area contributed by atoms with Crippen molar-refractivity contribution in [2.24, 2.45) is 0 Å². The van der Waals surface area contributed by atoms with Gasteiger partial charge in [0.25, 0.3) is 0 Å². The Bertz CT molecular complexity index is 495. The van der Waals surface area contributed by atoms with Gasteiger partial charge in [-0.3, -0.25) is 0 Å². The lowest BCUT2D eigenvalue weighted by molar-refractivity contribution is 0.562. The molecule has 0 nitrogen and oxygen atoms in total. The summed E-state index contributed by atoms with van der Waals surface area (Å²) < 4.78 is 0. The molecule has 0 aliphatic carbocycles. The van der Waals surface area contributed by atoms with E-state index in [0.717, 1.165) is 0 Å². The molecular formula is C24H35B. The zero-order valence-corrected chi connectivity index (χ0v) is 16.1. The maximum Gasteiger partial charge on any atom is 0.209 e. The number of hydrogen-bond donors (Lipinski definition) is 0. The zero-order valence-electron chi connectivity index (χ0n) is 16.1. The smallest absolute Gasteiger partial charge is 0.0742 e. The van der Waals surface area contributed by atoms with Crippen molar-refractivity contribution >= 4 is 17.6 Å². The van der Waals surface area contributed by atoms with Crippen molar-refractivity contribution in [3.8, 4) is 0 Å². The molecule has 0 saturated carbocycles. The summed E-state index contributed by atoms with van der Waals surface area (Å²) in [4.78, 5) is 0. The second-order valence-electron chi connectivity index (χ2n) is 7.34. The summed E-state index contributed by atoms with van der Waals surface area (Å²) in [6, 6.07) is 22.1. The summed E-state index contributed by atoms with van der Waals surface area (Å²) in [5.41, 5.74) is 2.93. The van der Waals surface area contributed by atoms with Gasteiger partial charge < -0.3 is 0 Å². The Kier molecular flexibility index (Phi) is 10.2. The largest absolute Gasteiger partial charge is 0.209 e. The van der Waals surface area contributed by atoms with Crippen molar-refractivity contribution in [1.29, 1.82) is 0 Å². The predicted octanol–water partition coefficient (Wildman–Crippen LogP) is 6.22. The van der Waals surface area contributed by atoms with Crippen LogP contribution >= 0.6 is 0 Å². The third-order valence-electron chi connectivity index (χ3n) is 5.25. The third-order valence-corrected chi connectivity index (χ3v) is 5.25. The number of benzene rings is 2. The molecule has 0 fully saturated rings. The minimum Gasteiger partial charge on any atom is -0.0742 e. The molecule has 0 amide bonds. The molecular weight excluding hydrogens is 299 g/mol. The lowest BCUT2D eigenvalue weighted by atomic mass is 9.38. The van der Waals surface area contributed by atoms with Gasteiger partial charge in [-0.15, -0.1) is 0 Å². The standard InChI is InChI=1S/C24H35B/c1-2-3-4-5-6-7-8-9-10-17-22-25(23-18-13-11-14-19-23)24-20-15-12-16-21-24/h11-16,18-21H,2-10,17,22H2,1H3. The van der Waals surface area contributed by atoms with Gasteiger partial charge in [0.2, 0.25) is 6.71 Å². The fourth-order valence-electron chi connectivity index (χ4n) is 3.73. The molecule has 0 aromatic heterocycles. The highest BCUT2D eigenvalue weighted by molar-refractivity contribution is 6.85. The van der Waals surface area contributed by atoms with Crippen LogP contribution in [0.15, 0.2) is 60.7 Å². The van der Waals surface area contributed by atoms with Crippen LogP contribution in [0.5, 0.6) is 0 Å². The maximum absolute atomic E-state index is 2.29. The predicted molar refractivity (Wildman–Crippen MR) is 115 cm³/mol. The summed E-state index contributed by atoms with van der Waals surface area (Å²) in [5.74, 6) is 0. The van der Waals surface area contributed by atoms with Gasteiger partial charge in [-0.25, -0.2) is 0 Å². The van der Waals surface area contributed by atoms with Crippen molar-refractivity contribution in [3.05, 3.63) is 60.7 Å². The van der Waals surface area contributed by atoms with Gasteiger partial charge >= 0.3 is 0 Å². The number of hydrogen-bond acceptors (Lipinski definition) is 0. The second-order valence-corrected chi connectivity index (χ2v) is 7.34. The zero-order chi connectivity index (χ0) is 17.6. The Morgan fingerprint density at radius 2 is 0.920 bits per heavy atom. The molecule has 0 heterocycles. The third kappa shape index (κ3) is 7.95. The van der Waals surface area contributed by atoms with E-state index in [-0.39, 0.29) is 0 Å². The highest BCUT2D eigenvalue weighted by Gasteiger charge is 2.17. The monoisotopic (exact) mass is 334 g/mol. The van der Waals surface area contributed by atoms with Gasteiger partial charge in [0.05, 0.1) is 0 Å². The first kappa shape index (κ1) is 19.8. The van der Waals surface area contributed by atoms with Crippen LogP contribution in [-0.4, -0.2) is 6.71 Å². The fourth-order valence-corrected chi connectivity index (χ4v) is 3.73. The maximum atomic E-state index is 2.29. The van der Waals surface area contributed by atoms with Gasteiger partial charge in [-0.05, 0) is 0 Å². The van der Waals surface area contributed by atoms with E-state index >= 15 is 0 Å². The Morgan fingerprint density at radius 3 is 1.36 bits per heavy atom. The van der Waals surface area contributed by atoms with Crippen LogP contribution in [0.4, 0.5) is 0 Å². The molecule has 0 aliphatic rings. The Balaban J connectivity index is 1.69. The summed E-state index contributed by atoms with van der Waals surface area (Å²) >= 11 is 0. The average Bonchev–Trinajstić information content (AvgIpc) is 2.67. The molecule has 0 N–H and O–H groups in total. The van der Waals surface area contributed by atoms with E-state index in [9.17, 15) is 0 Å². The van der Waals surface area contributed by atoms with Crippen LogP contribution < -0.4 is 10.9 Å². The van der Waals surface area contributed by atoms with Crippen LogP contribution in [0.3, 0.4) is 0 Å². The molecule has 0 bridgehead atoms. The molecule has 0 atom stereocenters. The van der Waals surface area contributed by atoms with Crippen LogP contribution in [-0.2, 0) is 0 Å². The Morgan fingerprint density at radius 1 is 0.520 bits per heavy atom. The lowest BCUT2D eigenvalue weighted by Crippen LogP contribution is -2.41. The van der Waals surface area contributed by atoms with Gasteiger partial charge in [0.15, 0.2) is 0 Å². The highest BCUT2D eigenvalue weighted by Crippen LogP contribution is 2.12. The molecule has 1 heteroatoms. The van der Waals surface area contributed by atoms with Crippen molar-refractivity contribution in [2.75, 3.05) is 0 Å². The van der Waals surface area contributed by atoms with E-state index in [1.165, 1.54) is 81.5 Å². The summed E-state index contributed by atoms with van der Waals surface area (Å²) in [6.07, 6.45) is 15.3. The van der Waals surface area contributed by atoms with Crippen molar-refractivity contribution < 1.29 is 0 Å². The van der Waals surface area contributed by atoms with Crippen LogP contribution in [0.2, 0.25) is 6.32 Å². The van der Waals surface area contributed by atoms with E-state index in [4.69, 9.17) is 0 Å². The molecule has 0 unspecified atom stereocenters. The van der Waals surface area contributed by atoms with Gasteiger partial charge in [0, 0.05) is 0 Å². The molecule has 25 heavy (non-hydrogen) atoms. The van der Waals surface area contributed by atoms with Crippen molar-refractivity contribution in [3.63, 3.8) is 0 Å². The van der Waals surface area contributed by atoms with Gasteiger partial charge in [-0.2, -0.15) is 0 Å². The minimum absolute atomic E-state index is 0.552. The summed E-state index contributed by atoms with van der Waals surface area (Å²) in [7, 11) is 0. The molecule has 0 radical (unpaired) electrons. The van der Waals surface area contributed by atoms with E-state index < -0.39 is 0 Å². The first-order chi connectivity index (χ1) is 12.4. The fraction of sp³-hybridized carbons (Fsp3) is 0.500. The molecule has 2 aromatic carbocycles. The second kappa shape index (κ2) is 12.8. The first-order valence-corrected chi connectivity index (χ1v) is 10.5. The summed E-state index contributed by atoms with van der Waals surface area (Å²) in [5, 5.41) is 0. The molecule has 0 spiro atoms. The summed E-state index contributed by atoms with van der Waals surface area (Å²) in [6.45, 7) is 2.84. The molecule has 0 aliphatic heterocycles. The van der Waals surface area contributed by atoms with Crippen molar-refractivity contribution in [1.82, 2.24) is 0 Å². The van der Waals surface area contributed by atoms with Gasteiger partial charge in [0.1, 0.15) is 0 Å². The quantitative estimate of drug-likeness (QED) is 0.301. The number of rotatable bonds is 13. The van der Waals surface area contributed by atoms with Gasteiger partial charge in [-0.1, -0.05) is 149 Å². The highest BCUT2D eigenvalue weighted by atomic mass is 14.0. The Hall–Kier alpha value is -1.50. The number of unbranched alkanes of at least 4 members (excludes halogenated alkanes) is 9. The molecule has 134 valence electrons. The normalized spacial score (nSPS) is 10.8. The minimum atomic E-state index is 0.552. The Labute approximate surface area is 156 Å². The lowest BCUT2D eigenvalue weighted by Gasteiger charge is -2.14. The van der Waals surface area contributed by atoms with E-state index in [1.54, 1.807) is 0 Å². The van der Waals surface area contributed by atoms with E-state index in [0.29, 0.717) is 6.71 Å². The van der Waals surface area contributed by atoms with E-state index in [2.05, 4.69) is 67.6 Å². The van der Waals surface area contributed by atoms with Crippen LogP contribution in [0.1, 0.15) is 71.1 Å².